The summed E-state index contributed by atoms with van der Waals surface area (Å²) in [6.07, 6.45) is 0. The Bertz CT molecular complexity index is 738. The summed E-state index contributed by atoms with van der Waals surface area (Å²) < 4.78 is 18.3. The van der Waals surface area contributed by atoms with Gasteiger partial charge in [-0.15, -0.1) is 0 Å². The molecule has 0 N–H and O–H groups in total. The summed E-state index contributed by atoms with van der Waals surface area (Å²) in [5, 5.41) is 0. The van der Waals surface area contributed by atoms with Gasteiger partial charge >= 0.3 is 0 Å². The molecule has 5 heteroatoms. The number of amides is 1. The Morgan fingerprint density at radius 3 is 2.40 bits per heavy atom. The maximum absolute atomic E-state index is 13.0. The van der Waals surface area contributed by atoms with Crippen molar-refractivity contribution in [3.05, 3.63) is 65.0 Å². The number of carbonyl (C=O) groups excluding carboxylic acids is 1. The van der Waals surface area contributed by atoms with E-state index in [9.17, 15) is 9.18 Å². The van der Waals surface area contributed by atoms with Crippen LogP contribution in [-0.4, -0.2) is 49.0 Å². The van der Waals surface area contributed by atoms with Crippen LogP contribution in [0.5, 0.6) is 5.75 Å². The molecule has 1 heterocycles. The van der Waals surface area contributed by atoms with Crippen LogP contribution < -0.4 is 4.74 Å². The van der Waals surface area contributed by atoms with Gasteiger partial charge in [0.1, 0.15) is 11.6 Å². The van der Waals surface area contributed by atoms with Gasteiger partial charge in [-0.1, -0.05) is 18.2 Å². The van der Waals surface area contributed by atoms with Crippen molar-refractivity contribution in [3.8, 4) is 5.75 Å². The van der Waals surface area contributed by atoms with E-state index in [0.29, 0.717) is 18.7 Å². The quantitative estimate of drug-likeness (QED) is 0.856. The van der Waals surface area contributed by atoms with Gasteiger partial charge in [0.2, 0.25) is 0 Å². The normalized spacial score (nSPS) is 15.2. The molecule has 0 bridgehead atoms. The highest BCUT2D eigenvalue weighted by atomic mass is 19.1. The molecule has 1 amide bonds. The molecule has 0 unspecified atom stereocenters. The lowest BCUT2D eigenvalue weighted by atomic mass is 10.1. The average Bonchev–Trinajstić information content (AvgIpc) is 2.64. The van der Waals surface area contributed by atoms with Crippen molar-refractivity contribution in [2.24, 2.45) is 0 Å². The van der Waals surface area contributed by atoms with E-state index in [-0.39, 0.29) is 11.7 Å². The van der Waals surface area contributed by atoms with E-state index in [2.05, 4.69) is 4.90 Å². The number of hydrogen-bond donors (Lipinski definition) is 0. The molecule has 0 radical (unpaired) electrons. The molecule has 0 aromatic heterocycles. The molecule has 1 saturated heterocycles. The first-order valence-corrected chi connectivity index (χ1v) is 8.47. The lowest BCUT2D eigenvalue weighted by molar-refractivity contribution is 0.0628. The lowest BCUT2D eigenvalue weighted by Crippen LogP contribution is -2.48. The van der Waals surface area contributed by atoms with Crippen LogP contribution in [0.1, 0.15) is 21.5 Å². The number of ether oxygens (including phenoxy) is 1. The van der Waals surface area contributed by atoms with Gasteiger partial charge < -0.3 is 9.64 Å². The van der Waals surface area contributed by atoms with Crippen LogP contribution in [0.2, 0.25) is 0 Å². The zero-order valence-electron chi connectivity index (χ0n) is 14.7. The first kappa shape index (κ1) is 17.4. The number of aryl methyl sites for hydroxylation is 1. The molecule has 25 heavy (non-hydrogen) atoms. The molecule has 0 aliphatic carbocycles. The Labute approximate surface area is 147 Å². The second kappa shape index (κ2) is 7.66. The Kier molecular flexibility index (Phi) is 5.34. The monoisotopic (exact) mass is 342 g/mol. The second-order valence-corrected chi connectivity index (χ2v) is 6.38. The molecule has 4 nitrogen and oxygen atoms in total. The summed E-state index contributed by atoms with van der Waals surface area (Å²) in [6.45, 7) is 5.74. The van der Waals surface area contributed by atoms with E-state index in [1.54, 1.807) is 7.11 Å². The zero-order valence-corrected chi connectivity index (χ0v) is 14.7. The molecular weight excluding hydrogens is 319 g/mol. The van der Waals surface area contributed by atoms with Crippen molar-refractivity contribution < 1.29 is 13.9 Å². The Morgan fingerprint density at radius 1 is 1.08 bits per heavy atom. The van der Waals surface area contributed by atoms with Gasteiger partial charge in [0.15, 0.2) is 0 Å². The molecule has 2 aromatic carbocycles. The summed E-state index contributed by atoms with van der Waals surface area (Å²) in [6, 6.07) is 12.2. The zero-order chi connectivity index (χ0) is 17.8. The topological polar surface area (TPSA) is 32.8 Å². The summed E-state index contributed by atoms with van der Waals surface area (Å²) in [7, 11) is 1.62. The highest BCUT2D eigenvalue weighted by Crippen LogP contribution is 2.20. The maximum atomic E-state index is 13.0. The fraction of sp³-hybridized carbons (Fsp3) is 0.350. The van der Waals surface area contributed by atoms with Crippen LogP contribution in [0.25, 0.3) is 0 Å². The molecule has 1 aliphatic rings. The summed E-state index contributed by atoms with van der Waals surface area (Å²) >= 11 is 0. The van der Waals surface area contributed by atoms with Crippen molar-refractivity contribution in [3.63, 3.8) is 0 Å². The minimum Gasteiger partial charge on any atom is -0.496 e. The maximum Gasteiger partial charge on any atom is 0.254 e. The Hall–Kier alpha value is -2.40. The molecule has 1 aliphatic heterocycles. The predicted molar refractivity (Wildman–Crippen MR) is 95.3 cm³/mol. The number of benzene rings is 2. The van der Waals surface area contributed by atoms with E-state index in [4.69, 9.17) is 4.74 Å². The van der Waals surface area contributed by atoms with Gasteiger partial charge in [-0.3, -0.25) is 9.69 Å². The number of piperazine rings is 1. The lowest BCUT2D eigenvalue weighted by Gasteiger charge is -2.34. The summed E-state index contributed by atoms with van der Waals surface area (Å²) in [5.74, 6) is 0.563. The van der Waals surface area contributed by atoms with E-state index in [1.807, 2.05) is 42.2 Å². The standard InChI is InChI=1S/C20H23FN2O2/c1-15-3-6-17(13-19(15)25-2)20(24)23-11-9-22(10-12-23)14-16-4-7-18(21)8-5-16/h3-8,13H,9-12,14H2,1-2H3. The molecule has 2 aromatic rings. The average molecular weight is 342 g/mol. The van der Waals surface area contributed by atoms with E-state index < -0.39 is 0 Å². The second-order valence-electron chi connectivity index (χ2n) is 6.38. The molecule has 0 atom stereocenters. The van der Waals surface area contributed by atoms with Crippen LogP contribution in [0.3, 0.4) is 0 Å². The van der Waals surface area contributed by atoms with Crippen LogP contribution in [-0.2, 0) is 6.54 Å². The predicted octanol–water partition coefficient (Wildman–Crippen LogP) is 3.10. The third-order valence-corrected chi connectivity index (χ3v) is 4.63. The fourth-order valence-electron chi connectivity index (χ4n) is 3.09. The number of nitrogens with zero attached hydrogens (tertiary/aromatic N) is 2. The van der Waals surface area contributed by atoms with Crippen molar-refractivity contribution in [1.29, 1.82) is 0 Å². The van der Waals surface area contributed by atoms with E-state index in [1.165, 1.54) is 12.1 Å². The van der Waals surface area contributed by atoms with Gasteiger partial charge in [-0.05, 0) is 42.3 Å². The smallest absolute Gasteiger partial charge is 0.254 e. The molecular formula is C20H23FN2O2. The molecule has 3 rings (SSSR count). The van der Waals surface area contributed by atoms with Crippen molar-refractivity contribution in [1.82, 2.24) is 9.80 Å². The largest absolute Gasteiger partial charge is 0.496 e. The Morgan fingerprint density at radius 2 is 1.76 bits per heavy atom. The highest BCUT2D eigenvalue weighted by molar-refractivity contribution is 5.94. The number of rotatable bonds is 4. The highest BCUT2D eigenvalue weighted by Gasteiger charge is 2.22. The van der Waals surface area contributed by atoms with Crippen molar-refractivity contribution in [2.75, 3.05) is 33.3 Å². The third-order valence-electron chi connectivity index (χ3n) is 4.63. The molecule has 0 spiro atoms. The number of hydrogen-bond acceptors (Lipinski definition) is 3. The van der Waals surface area contributed by atoms with Crippen molar-refractivity contribution in [2.45, 2.75) is 13.5 Å². The van der Waals surface area contributed by atoms with Gasteiger partial charge in [0.05, 0.1) is 7.11 Å². The summed E-state index contributed by atoms with van der Waals surface area (Å²) in [5.41, 5.74) is 2.77. The van der Waals surface area contributed by atoms with E-state index in [0.717, 1.165) is 36.5 Å². The van der Waals surface area contributed by atoms with Gasteiger partial charge in [0.25, 0.3) is 5.91 Å². The van der Waals surface area contributed by atoms with Crippen LogP contribution >= 0.6 is 0 Å². The first-order chi connectivity index (χ1) is 12.1. The van der Waals surface area contributed by atoms with E-state index >= 15 is 0 Å². The van der Waals surface area contributed by atoms with Crippen LogP contribution in [0, 0.1) is 12.7 Å². The first-order valence-electron chi connectivity index (χ1n) is 8.47. The minimum atomic E-state index is -0.215. The Balaban J connectivity index is 1.58. The SMILES string of the molecule is COc1cc(C(=O)N2CCN(Cc3ccc(F)cc3)CC2)ccc1C. The molecule has 132 valence electrons. The number of carbonyl (C=O) groups is 1. The number of halogens is 1. The van der Waals surface area contributed by atoms with Crippen molar-refractivity contribution >= 4 is 5.91 Å². The minimum absolute atomic E-state index is 0.0414. The number of methoxy groups -OCH3 is 1. The van der Waals surface area contributed by atoms with Gasteiger partial charge in [-0.25, -0.2) is 4.39 Å². The van der Waals surface area contributed by atoms with Gasteiger partial charge in [0, 0.05) is 38.3 Å². The van der Waals surface area contributed by atoms with Crippen LogP contribution in [0.15, 0.2) is 42.5 Å². The van der Waals surface area contributed by atoms with Gasteiger partial charge in [-0.2, -0.15) is 0 Å². The third kappa shape index (κ3) is 4.17. The van der Waals surface area contributed by atoms with Crippen LogP contribution in [0.4, 0.5) is 4.39 Å². The molecule has 0 saturated carbocycles. The fourth-order valence-corrected chi connectivity index (χ4v) is 3.09. The summed E-state index contributed by atoms with van der Waals surface area (Å²) in [4.78, 5) is 16.9. The molecule has 1 fully saturated rings.